The molecule has 0 aromatic heterocycles. The fourth-order valence-electron chi connectivity index (χ4n) is 3.23. The molecule has 1 aliphatic rings. The van der Waals surface area contributed by atoms with E-state index in [-0.39, 0.29) is 12.3 Å². The highest BCUT2D eigenvalue weighted by Gasteiger charge is 2.31. The molecular formula is C21H21ClN2O4. The maximum absolute atomic E-state index is 13.1. The van der Waals surface area contributed by atoms with Gasteiger partial charge in [0, 0.05) is 24.3 Å². The second kappa shape index (κ2) is 8.89. The third kappa shape index (κ3) is 4.70. The van der Waals surface area contributed by atoms with E-state index in [0.29, 0.717) is 30.8 Å². The van der Waals surface area contributed by atoms with Crippen LogP contribution in [0.3, 0.4) is 0 Å². The van der Waals surface area contributed by atoms with E-state index in [9.17, 15) is 14.4 Å². The number of methoxy groups -OCH3 is 1. The summed E-state index contributed by atoms with van der Waals surface area (Å²) in [5.74, 6) is -0.652. The van der Waals surface area contributed by atoms with Gasteiger partial charge >= 0.3 is 5.97 Å². The Morgan fingerprint density at radius 2 is 1.96 bits per heavy atom. The first-order valence-electron chi connectivity index (χ1n) is 8.96. The van der Waals surface area contributed by atoms with Crippen LogP contribution in [0.5, 0.6) is 0 Å². The lowest BCUT2D eigenvalue weighted by Crippen LogP contribution is -2.42. The van der Waals surface area contributed by atoms with Crippen molar-refractivity contribution >= 4 is 34.4 Å². The van der Waals surface area contributed by atoms with Crippen molar-refractivity contribution in [1.82, 2.24) is 4.90 Å². The molecule has 1 atom stereocenters. The molecule has 0 saturated carbocycles. The topological polar surface area (TPSA) is 75.7 Å². The van der Waals surface area contributed by atoms with Gasteiger partial charge in [0.2, 0.25) is 5.91 Å². The molecule has 0 radical (unpaired) electrons. The van der Waals surface area contributed by atoms with Crippen LogP contribution in [0.4, 0.5) is 5.69 Å². The molecule has 146 valence electrons. The highest BCUT2D eigenvalue weighted by atomic mass is 35.5. The number of rotatable bonds is 6. The molecule has 0 spiro atoms. The SMILES string of the molecule is COC(=O)C[C@H]1Nc2ccc(C(=O)Cl)cc2CN(CCc2ccccc2)C1=O. The first kappa shape index (κ1) is 19.9. The molecule has 0 aliphatic carbocycles. The minimum Gasteiger partial charge on any atom is -0.469 e. The summed E-state index contributed by atoms with van der Waals surface area (Å²) in [6.07, 6.45) is 0.605. The molecule has 1 heterocycles. The van der Waals surface area contributed by atoms with E-state index in [1.807, 2.05) is 30.3 Å². The van der Waals surface area contributed by atoms with Crippen LogP contribution in [0.15, 0.2) is 48.5 Å². The Labute approximate surface area is 168 Å². The average Bonchev–Trinajstić information content (AvgIpc) is 2.83. The minimum atomic E-state index is -0.734. The van der Waals surface area contributed by atoms with Crippen LogP contribution in [-0.4, -0.2) is 41.7 Å². The Morgan fingerprint density at radius 3 is 2.64 bits per heavy atom. The molecule has 0 saturated heterocycles. The zero-order valence-corrected chi connectivity index (χ0v) is 16.2. The molecule has 7 heteroatoms. The Kier molecular flexibility index (Phi) is 6.31. The van der Waals surface area contributed by atoms with Crippen LogP contribution in [0.1, 0.15) is 27.9 Å². The maximum Gasteiger partial charge on any atom is 0.308 e. The predicted molar refractivity (Wildman–Crippen MR) is 106 cm³/mol. The van der Waals surface area contributed by atoms with Crippen LogP contribution >= 0.6 is 11.6 Å². The molecule has 1 N–H and O–H groups in total. The van der Waals surface area contributed by atoms with Gasteiger partial charge in [-0.15, -0.1) is 0 Å². The summed E-state index contributed by atoms with van der Waals surface area (Å²) in [4.78, 5) is 38.1. The van der Waals surface area contributed by atoms with Gasteiger partial charge in [-0.25, -0.2) is 0 Å². The Hall–Kier alpha value is -2.86. The largest absolute Gasteiger partial charge is 0.469 e. The molecule has 6 nitrogen and oxygen atoms in total. The van der Waals surface area contributed by atoms with Crippen LogP contribution in [0, 0.1) is 0 Å². The summed E-state index contributed by atoms with van der Waals surface area (Å²) in [5.41, 5.74) is 2.96. The summed E-state index contributed by atoms with van der Waals surface area (Å²) in [5, 5.41) is 2.57. The summed E-state index contributed by atoms with van der Waals surface area (Å²) in [7, 11) is 1.29. The fraction of sp³-hybridized carbons (Fsp3) is 0.286. The maximum atomic E-state index is 13.1. The number of benzene rings is 2. The molecule has 1 aliphatic heterocycles. The van der Waals surface area contributed by atoms with E-state index in [4.69, 9.17) is 16.3 Å². The molecule has 0 unspecified atom stereocenters. The van der Waals surface area contributed by atoms with Crippen molar-refractivity contribution < 1.29 is 19.1 Å². The quantitative estimate of drug-likeness (QED) is 0.596. The summed E-state index contributed by atoms with van der Waals surface area (Å²) in [6.45, 7) is 0.810. The van der Waals surface area contributed by atoms with E-state index in [1.54, 1.807) is 23.1 Å². The average molecular weight is 401 g/mol. The molecule has 1 amide bonds. The van der Waals surface area contributed by atoms with Gasteiger partial charge < -0.3 is 15.0 Å². The lowest BCUT2D eigenvalue weighted by molar-refractivity contribution is -0.144. The molecule has 2 aromatic rings. The zero-order valence-electron chi connectivity index (χ0n) is 15.5. The molecular weight excluding hydrogens is 380 g/mol. The van der Waals surface area contributed by atoms with Gasteiger partial charge in [0.25, 0.3) is 5.24 Å². The Balaban J connectivity index is 1.88. The summed E-state index contributed by atoms with van der Waals surface area (Å²) in [6, 6.07) is 14.1. The van der Waals surface area contributed by atoms with E-state index < -0.39 is 17.3 Å². The monoisotopic (exact) mass is 400 g/mol. The van der Waals surface area contributed by atoms with Crippen molar-refractivity contribution in [3.05, 3.63) is 65.2 Å². The number of amides is 1. The van der Waals surface area contributed by atoms with Crippen LogP contribution < -0.4 is 5.32 Å². The van der Waals surface area contributed by atoms with E-state index in [1.165, 1.54) is 7.11 Å². The number of nitrogens with zero attached hydrogens (tertiary/aromatic N) is 1. The van der Waals surface area contributed by atoms with Gasteiger partial charge in [0.1, 0.15) is 6.04 Å². The van der Waals surface area contributed by atoms with Gasteiger partial charge in [0.05, 0.1) is 13.5 Å². The smallest absolute Gasteiger partial charge is 0.308 e. The van der Waals surface area contributed by atoms with Gasteiger partial charge in [-0.05, 0) is 47.3 Å². The van der Waals surface area contributed by atoms with Gasteiger partial charge in [0.15, 0.2) is 0 Å². The second-order valence-corrected chi connectivity index (χ2v) is 6.96. The third-order valence-corrected chi connectivity index (χ3v) is 4.96. The summed E-state index contributed by atoms with van der Waals surface area (Å²) < 4.78 is 4.73. The fourth-order valence-corrected chi connectivity index (χ4v) is 3.34. The van der Waals surface area contributed by atoms with Crippen molar-refractivity contribution in [3.63, 3.8) is 0 Å². The van der Waals surface area contributed by atoms with Crippen molar-refractivity contribution in [3.8, 4) is 0 Å². The number of carbonyl (C=O) groups excluding carboxylic acids is 3. The molecule has 2 aromatic carbocycles. The minimum absolute atomic E-state index is 0.0766. The number of carbonyl (C=O) groups is 3. The lowest BCUT2D eigenvalue weighted by atomic mass is 10.1. The summed E-state index contributed by atoms with van der Waals surface area (Å²) >= 11 is 5.61. The highest BCUT2D eigenvalue weighted by molar-refractivity contribution is 6.67. The standard InChI is InChI=1S/C21H21ClN2O4/c1-28-19(25)12-18-21(27)24(10-9-14-5-3-2-4-6-14)13-16-11-15(20(22)26)7-8-17(16)23-18/h2-8,11,18,23H,9-10,12-13H2,1H3/t18-/m1/s1. The first-order chi connectivity index (χ1) is 13.5. The number of hydrogen-bond acceptors (Lipinski definition) is 5. The number of halogens is 1. The number of hydrogen-bond donors (Lipinski definition) is 1. The highest BCUT2D eigenvalue weighted by Crippen LogP contribution is 2.26. The molecule has 0 fully saturated rings. The number of esters is 1. The van der Waals surface area contributed by atoms with E-state index in [2.05, 4.69) is 5.32 Å². The number of fused-ring (bicyclic) bond motifs is 1. The van der Waals surface area contributed by atoms with Crippen molar-refractivity contribution in [2.45, 2.75) is 25.4 Å². The molecule has 3 rings (SSSR count). The van der Waals surface area contributed by atoms with Crippen molar-refractivity contribution in [2.24, 2.45) is 0 Å². The third-order valence-electron chi connectivity index (χ3n) is 4.74. The first-order valence-corrected chi connectivity index (χ1v) is 9.34. The number of nitrogens with one attached hydrogen (secondary N) is 1. The van der Waals surface area contributed by atoms with Gasteiger partial charge in [-0.2, -0.15) is 0 Å². The van der Waals surface area contributed by atoms with Gasteiger partial charge in [-0.3, -0.25) is 14.4 Å². The second-order valence-electron chi connectivity index (χ2n) is 6.62. The Morgan fingerprint density at radius 1 is 1.21 bits per heavy atom. The lowest BCUT2D eigenvalue weighted by Gasteiger charge is -2.24. The molecule has 28 heavy (non-hydrogen) atoms. The molecule has 0 bridgehead atoms. The van der Waals surface area contributed by atoms with Crippen molar-refractivity contribution in [2.75, 3.05) is 19.0 Å². The van der Waals surface area contributed by atoms with Crippen LogP contribution in [0.25, 0.3) is 0 Å². The van der Waals surface area contributed by atoms with E-state index in [0.717, 1.165) is 11.1 Å². The van der Waals surface area contributed by atoms with Crippen molar-refractivity contribution in [1.29, 1.82) is 0 Å². The van der Waals surface area contributed by atoms with E-state index >= 15 is 0 Å². The van der Waals surface area contributed by atoms with Crippen LogP contribution in [-0.2, 0) is 27.3 Å². The predicted octanol–water partition coefficient (Wildman–Crippen LogP) is 2.99. The van der Waals surface area contributed by atoms with Crippen LogP contribution in [0.2, 0.25) is 0 Å². The number of anilines is 1. The normalized spacial score (nSPS) is 16.0. The zero-order chi connectivity index (χ0) is 20.1. The number of ether oxygens (including phenoxy) is 1. The Bertz CT molecular complexity index is 885. The van der Waals surface area contributed by atoms with Gasteiger partial charge in [-0.1, -0.05) is 30.3 Å².